The van der Waals surface area contributed by atoms with Crippen LogP contribution in [0.3, 0.4) is 0 Å². The number of aldehydes is 1. The molecule has 0 saturated carbocycles. The lowest BCUT2D eigenvalue weighted by Gasteiger charge is -1.92. The number of rotatable bonds is 5. The molecule has 0 amide bonds. The van der Waals surface area contributed by atoms with E-state index in [0.29, 0.717) is 18.3 Å². The van der Waals surface area contributed by atoms with Crippen LogP contribution < -0.4 is 0 Å². The minimum absolute atomic E-state index is 0.420. The molecule has 3 nitrogen and oxygen atoms in total. The number of esters is 1. The van der Waals surface area contributed by atoms with Gasteiger partial charge in [0.15, 0.2) is 0 Å². The molecular weight excluding hydrogens is 252 g/mol. The van der Waals surface area contributed by atoms with E-state index >= 15 is 0 Å². The predicted molar refractivity (Wildman–Crippen MR) is 80.6 cm³/mol. The third-order valence-corrected chi connectivity index (χ3v) is 2.04. The minimum atomic E-state index is -0.420. The highest BCUT2D eigenvalue weighted by atomic mass is 16.5. The Hall–Kier alpha value is -2.34. The third kappa shape index (κ3) is 10.8. The summed E-state index contributed by atoms with van der Waals surface area (Å²) in [5.41, 5.74) is 2.55. The second-order valence-electron chi connectivity index (χ2n) is 4.35. The first kappa shape index (κ1) is 17.7. The van der Waals surface area contributed by atoms with Gasteiger partial charge in [0.25, 0.3) is 0 Å². The van der Waals surface area contributed by atoms with Crippen LogP contribution in [0.25, 0.3) is 0 Å². The molecule has 0 aliphatic rings. The second-order valence-corrected chi connectivity index (χ2v) is 4.35. The molecule has 0 spiro atoms. The van der Waals surface area contributed by atoms with Gasteiger partial charge in [-0.3, -0.25) is 9.59 Å². The van der Waals surface area contributed by atoms with Crippen LogP contribution in [0, 0.1) is 11.8 Å². The summed E-state index contributed by atoms with van der Waals surface area (Å²) in [7, 11) is 0. The van der Waals surface area contributed by atoms with Gasteiger partial charge in [0.05, 0.1) is 6.26 Å². The zero-order valence-corrected chi connectivity index (χ0v) is 12.4. The largest absolute Gasteiger partial charge is 0.435 e. The molecule has 0 atom stereocenters. The Kier molecular flexibility index (Phi) is 9.33. The van der Waals surface area contributed by atoms with Crippen molar-refractivity contribution in [1.29, 1.82) is 0 Å². The summed E-state index contributed by atoms with van der Waals surface area (Å²) in [6.07, 6.45) is 9.46. The van der Waals surface area contributed by atoms with Crippen molar-refractivity contribution < 1.29 is 14.3 Å². The number of hydrogen-bond acceptors (Lipinski definition) is 3. The molecule has 0 unspecified atom stereocenters. The Bertz CT molecular complexity index is 516. The molecule has 20 heavy (non-hydrogen) atoms. The molecule has 106 valence electrons. The van der Waals surface area contributed by atoms with Crippen LogP contribution in [-0.4, -0.2) is 12.3 Å². The molecule has 0 aromatic rings. The lowest BCUT2D eigenvalue weighted by molar-refractivity contribution is -0.135. The topological polar surface area (TPSA) is 43.4 Å². The molecule has 0 aromatic carbocycles. The molecule has 0 bridgehead atoms. The molecule has 0 aromatic heterocycles. The van der Waals surface area contributed by atoms with Gasteiger partial charge in [-0.15, -0.1) is 0 Å². The summed E-state index contributed by atoms with van der Waals surface area (Å²) < 4.78 is 4.61. The molecule has 0 heterocycles. The van der Waals surface area contributed by atoms with Crippen molar-refractivity contribution in [2.24, 2.45) is 0 Å². The van der Waals surface area contributed by atoms with Gasteiger partial charge in [-0.1, -0.05) is 29.6 Å². The summed E-state index contributed by atoms with van der Waals surface area (Å²) in [6, 6.07) is 0. The average molecular weight is 272 g/mol. The second kappa shape index (κ2) is 10.6. The molecule has 0 aliphatic carbocycles. The monoisotopic (exact) mass is 272 g/mol. The Balaban J connectivity index is 4.53. The smallest absolute Gasteiger partial charge is 0.307 e. The summed E-state index contributed by atoms with van der Waals surface area (Å²) in [4.78, 5) is 21.3. The first-order valence-corrected chi connectivity index (χ1v) is 6.26. The molecule has 0 rings (SSSR count). The van der Waals surface area contributed by atoms with Gasteiger partial charge in [-0.25, -0.2) is 0 Å². The highest BCUT2D eigenvalue weighted by Crippen LogP contribution is 2.00. The zero-order valence-electron chi connectivity index (χ0n) is 12.4. The van der Waals surface area contributed by atoms with E-state index in [9.17, 15) is 9.59 Å². The number of allylic oxidation sites excluding steroid dienone is 7. The van der Waals surface area contributed by atoms with Crippen molar-refractivity contribution in [3.8, 4) is 11.8 Å². The van der Waals surface area contributed by atoms with Crippen molar-refractivity contribution >= 4 is 12.3 Å². The molecule has 0 radical (unpaired) electrons. The summed E-state index contributed by atoms with van der Waals surface area (Å²) in [5.74, 6) is 5.52. The van der Waals surface area contributed by atoms with Gasteiger partial charge < -0.3 is 4.74 Å². The average Bonchev–Trinajstić information content (AvgIpc) is 2.36. The van der Waals surface area contributed by atoms with E-state index in [2.05, 4.69) is 16.6 Å². The number of hydrogen-bond donors (Lipinski definition) is 0. The lowest BCUT2D eigenvalue weighted by atomic mass is 10.2. The van der Waals surface area contributed by atoms with E-state index in [1.807, 2.05) is 32.9 Å². The maximum absolute atomic E-state index is 10.8. The van der Waals surface area contributed by atoms with E-state index in [-0.39, 0.29) is 0 Å². The number of ether oxygens (including phenoxy) is 1. The SMILES string of the molecule is CC(=O)O/C=C/C(C=O)=C\C/C=C(\C)C#CC=C(C)C. The number of carbonyl (C=O) groups is 2. The first-order valence-electron chi connectivity index (χ1n) is 6.26. The van der Waals surface area contributed by atoms with Crippen LogP contribution in [0.5, 0.6) is 0 Å². The van der Waals surface area contributed by atoms with Crippen molar-refractivity contribution in [1.82, 2.24) is 0 Å². The maximum Gasteiger partial charge on any atom is 0.307 e. The quantitative estimate of drug-likeness (QED) is 0.192. The van der Waals surface area contributed by atoms with Gasteiger partial charge in [0, 0.05) is 12.5 Å². The molecule has 0 saturated heterocycles. The van der Waals surface area contributed by atoms with E-state index in [1.165, 1.54) is 19.3 Å². The highest BCUT2D eigenvalue weighted by Gasteiger charge is 1.90. The van der Waals surface area contributed by atoms with Crippen LogP contribution in [0.4, 0.5) is 0 Å². The number of carbonyl (C=O) groups excluding carboxylic acids is 2. The maximum atomic E-state index is 10.8. The normalized spacial score (nSPS) is 11.6. The standard InChI is InChI=1S/C17H20O3/c1-14(2)7-5-8-15(3)9-6-10-17(13-18)11-12-20-16(4)19/h7,9-13H,6H2,1-4H3/b12-11+,15-9+,17-10+. The van der Waals surface area contributed by atoms with Crippen molar-refractivity contribution in [2.45, 2.75) is 34.1 Å². The Morgan fingerprint density at radius 2 is 1.85 bits per heavy atom. The van der Waals surface area contributed by atoms with E-state index in [0.717, 1.165) is 11.1 Å². The van der Waals surface area contributed by atoms with Gasteiger partial charge in [0.2, 0.25) is 0 Å². The predicted octanol–water partition coefficient (Wildman–Crippen LogP) is 3.49. The van der Waals surface area contributed by atoms with Crippen LogP contribution in [0.2, 0.25) is 0 Å². The molecule has 0 fully saturated rings. The van der Waals surface area contributed by atoms with Gasteiger partial charge in [-0.2, -0.15) is 0 Å². The van der Waals surface area contributed by atoms with Crippen LogP contribution >= 0.6 is 0 Å². The molecule has 0 N–H and O–H groups in total. The summed E-state index contributed by atoms with van der Waals surface area (Å²) in [5, 5.41) is 0. The fourth-order valence-corrected chi connectivity index (χ4v) is 1.08. The molecule has 3 heteroatoms. The lowest BCUT2D eigenvalue weighted by Crippen LogP contribution is -1.90. The van der Waals surface area contributed by atoms with Gasteiger partial charge in [-0.05, 0) is 44.9 Å². The van der Waals surface area contributed by atoms with Crippen LogP contribution in [0.1, 0.15) is 34.1 Å². The van der Waals surface area contributed by atoms with Crippen LogP contribution in [-0.2, 0) is 14.3 Å². The Morgan fingerprint density at radius 3 is 2.40 bits per heavy atom. The fourth-order valence-electron chi connectivity index (χ4n) is 1.08. The molecular formula is C17H20O3. The van der Waals surface area contributed by atoms with Gasteiger partial charge in [0.1, 0.15) is 6.29 Å². The minimum Gasteiger partial charge on any atom is -0.435 e. The Labute approximate surface area is 120 Å². The van der Waals surface area contributed by atoms with Crippen molar-refractivity contribution in [3.05, 3.63) is 47.3 Å². The van der Waals surface area contributed by atoms with E-state index < -0.39 is 5.97 Å². The van der Waals surface area contributed by atoms with E-state index in [1.54, 1.807) is 6.08 Å². The first-order chi connectivity index (χ1) is 9.45. The fraction of sp³-hybridized carbons (Fsp3) is 0.294. The van der Waals surface area contributed by atoms with Gasteiger partial charge >= 0.3 is 5.97 Å². The van der Waals surface area contributed by atoms with Crippen molar-refractivity contribution in [3.63, 3.8) is 0 Å². The van der Waals surface area contributed by atoms with E-state index in [4.69, 9.17) is 0 Å². The van der Waals surface area contributed by atoms with Crippen LogP contribution in [0.15, 0.2) is 47.3 Å². The zero-order chi connectivity index (χ0) is 15.4. The summed E-state index contributed by atoms with van der Waals surface area (Å²) >= 11 is 0. The highest BCUT2D eigenvalue weighted by molar-refractivity contribution is 5.77. The summed E-state index contributed by atoms with van der Waals surface area (Å²) in [6.45, 7) is 7.19. The Morgan fingerprint density at radius 1 is 1.15 bits per heavy atom. The van der Waals surface area contributed by atoms with Crippen molar-refractivity contribution in [2.75, 3.05) is 0 Å². The third-order valence-electron chi connectivity index (χ3n) is 2.04. The molecule has 0 aliphatic heterocycles.